The summed E-state index contributed by atoms with van der Waals surface area (Å²) in [4.78, 5) is 26.8. The van der Waals surface area contributed by atoms with Crippen molar-refractivity contribution < 1.29 is 14.0 Å². The Morgan fingerprint density at radius 1 is 0.515 bits per heavy atom. The van der Waals surface area contributed by atoms with Crippen LogP contribution in [-0.4, -0.2) is 19.9 Å². The standard InChI is InChI=1S/C29H22O3Si/c1-21-27(30)25-19-11-12-20-26(25)28(31)29(21)32-33(22-13-5-2-6-14-22,23-15-7-3-8-16-23)24-17-9-4-10-18-24/h2-20H,1H3. The third-order valence-electron chi connectivity index (χ3n) is 6.10. The first-order valence-electron chi connectivity index (χ1n) is 10.9. The van der Waals surface area contributed by atoms with Gasteiger partial charge < -0.3 is 4.43 Å². The van der Waals surface area contributed by atoms with E-state index in [-0.39, 0.29) is 17.3 Å². The predicted molar refractivity (Wildman–Crippen MR) is 133 cm³/mol. The number of carbonyl (C=O) groups is 2. The van der Waals surface area contributed by atoms with E-state index in [9.17, 15) is 9.59 Å². The molecule has 3 nitrogen and oxygen atoms in total. The van der Waals surface area contributed by atoms with Crippen molar-refractivity contribution >= 4 is 35.4 Å². The van der Waals surface area contributed by atoms with Gasteiger partial charge in [0.25, 0.3) is 0 Å². The molecule has 1 aliphatic carbocycles. The average Bonchev–Trinajstić information content (AvgIpc) is 2.89. The lowest BCUT2D eigenvalue weighted by atomic mass is 9.89. The van der Waals surface area contributed by atoms with Crippen LogP contribution in [0.3, 0.4) is 0 Å². The highest BCUT2D eigenvalue weighted by Crippen LogP contribution is 2.29. The van der Waals surface area contributed by atoms with Crippen molar-refractivity contribution in [2.45, 2.75) is 6.92 Å². The van der Waals surface area contributed by atoms with Gasteiger partial charge in [0.2, 0.25) is 5.78 Å². The fraction of sp³-hybridized carbons (Fsp3) is 0.0345. The zero-order valence-electron chi connectivity index (χ0n) is 18.2. The minimum atomic E-state index is -3.18. The fourth-order valence-electron chi connectivity index (χ4n) is 4.45. The molecule has 0 N–H and O–H groups in total. The van der Waals surface area contributed by atoms with Crippen LogP contribution in [-0.2, 0) is 4.43 Å². The van der Waals surface area contributed by atoms with Gasteiger partial charge in [0.1, 0.15) is 0 Å². The highest BCUT2D eigenvalue weighted by atomic mass is 28.4. The molecule has 33 heavy (non-hydrogen) atoms. The number of Topliss-reactive ketones (excluding diaryl/α,β-unsaturated/α-hetero) is 2. The highest BCUT2D eigenvalue weighted by molar-refractivity contribution is 7.07. The van der Waals surface area contributed by atoms with Crippen LogP contribution in [0.25, 0.3) is 0 Å². The average molecular weight is 447 g/mol. The lowest BCUT2D eigenvalue weighted by molar-refractivity contribution is 0.0936. The maximum Gasteiger partial charge on any atom is 0.347 e. The Hall–Kier alpha value is -4.02. The Labute approximate surface area is 194 Å². The third-order valence-corrected chi connectivity index (χ3v) is 10.0. The van der Waals surface area contributed by atoms with Crippen LogP contribution in [0.2, 0.25) is 0 Å². The number of hydrogen-bond acceptors (Lipinski definition) is 3. The molecule has 4 aromatic rings. The van der Waals surface area contributed by atoms with Crippen LogP contribution in [0.15, 0.2) is 127 Å². The SMILES string of the molecule is CC1=C(O[Si](c2ccccc2)(c2ccccc2)c2ccccc2)C(=O)c2ccccc2C1=O. The molecule has 0 saturated carbocycles. The van der Waals surface area contributed by atoms with E-state index in [2.05, 4.69) is 0 Å². The zero-order chi connectivity index (χ0) is 22.8. The molecule has 1 aliphatic rings. The number of carbonyl (C=O) groups excluding carboxylic acids is 2. The van der Waals surface area contributed by atoms with Gasteiger partial charge in [0.05, 0.1) is 0 Å². The van der Waals surface area contributed by atoms with E-state index in [0.29, 0.717) is 16.7 Å². The smallest absolute Gasteiger partial charge is 0.347 e. The van der Waals surface area contributed by atoms with Gasteiger partial charge in [0, 0.05) is 16.7 Å². The Morgan fingerprint density at radius 3 is 1.30 bits per heavy atom. The van der Waals surface area contributed by atoms with E-state index in [1.54, 1.807) is 31.2 Å². The highest BCUT2D eigenvalue weighted by Gasteiger charge is 2.46. The molecule has 0 bridgehead atoms. The molecule has 0 amide bonds. The number of benzene rings is 4. The topological polar surface area (TPSA) is 43.4 Å². The molecule has 0 spiro atoms. The van der Waals surface area contributed by atoms with Gasteiger partial charge in [-0.15, -0.1) is 0 Å². The van der Waals surface area contributed by atoms with Crippen molar-refractivity contribution in [3.63, 3.8) is 0 Å². The molecule has 160 valence electrons. The van der Waals surface area contributed by atoms with Crippen molar-refractivity contribution in [2.24, 2.45) is 0 Å². The minimum Gasteiger partial charge on any atom is -0.527 e. The van der Waals surface area contributed by atoms with Gasteiger partial charge in [-0.05, 0) is 22.5 Å². The van der Waals surface area contributed by atoms with E-state index in [0.717, 1.165) is 15.6 Å². The molecule has 0 atom stereocenters. The number of fused-ring (bicyclic) bond motifs is 1. The molecule has 0 saturated heterocycles. The molecule has 0 heterocycles. The number of ketones is 2. The largest absolute Gasteiger partial charge is 0.527 e. The van der Waals surface area contributed by atoms with Crippen LogP contribution in [0.5, 0.6) is 0 Å². The van der Waals surface area contributed by atoms with Crippen LogP contribution in [0.4, 0.5) is 0 Å². The second-order valence-electron chi connectivity index (χ2n) is 8.04. The molecule has 0 aliphatic heterocycles. The van der Waals surface area contributed by atoms with Crippen molar-refractivity contribution in [1.29, 1.82) is 0 Å². The molecule has 4 heteroatoms. The summed E-state index contributed by atoms with van der Waals surface area (Å²) in [6.45, 7) is 1.69. The maximum absolute atomic E-state index is 13.6. The second kappa shape index (κ2) is 8.49. The van der Waals surface area contributed by atoms with Gasteiger partial charge in [-0.25, -0.2) is 0 Å². The molecule has 4 aromatic carbocycles. The Bertz CT molecular complexity index is 1260. The maximum atomic E-state index is 13.6. The summed E-state index contributed by atoms with van der Waals surface area (Å²) in [7, 11) is -3.18. The summed E-state index contributed by atoms with van der Waals surface area (Å²) >= 11 is 0. The van der Waals surface area contributed by atoms with Crippen molar-refractivity contribution in [2.75, 3.05) is 0 Å². The van der Waals surface area contributed by atoms with E-state index in [1.807, 2.05) is 91.0 Å². The summed E-state index contributed by atoms with van der Waals surface area (Å²) in [5.74, 6) is -0.276. The Kier molecular flexibility index (Phi) is 5.36. The lowest BCUT2D eigenvalue weighted by Gasteiger charge is -2.35. The first-order chi connectivity index (χ1) is 16.1. The van der Waals surface area contributed by atoms with Gasteiger partial charge >= 0.3 is 8.32 Å². The van der Waals surface area contributed by atoms with E-state index in [4.69, 9.17) is 4.43 Å². The van der Waals surface area contributed by atoms with Crippen LogP contribution < -0.4 is 15.6 Å². The Balaban J connectivity index is 1.79. The van der Waals surface area contributed by atoms with Crippen molar-refractivity contribution in [1.82, 2.24) is 0 Å². The quantitative estimate of drug-likeness (QED) is 0.344. The molecule has 0 radical (unpaired) electrons. The van der Waals surface area contributed by atoms with Crippen LogP contribution in [0, 0.1) is 0 Å². The first-order valence-corrected chi connectivity index (χ1v) is 12.8. The number of hydrogen-bond donors (Lipinski definition) is 0. The third kappa shape index (κ3) is 3.45. The lowest BCUT2D eigenvalue weighted by Crippen LogP contribution is -2.69. The van der Waals surface area contributed by atoms with Crippen molar-refractivity contribution in [3.8, 4) is 0 Å². The molecule has 0 aromatic heterocycles. The summed E-state index contributed by atoms with van der Waals surface area (Å²) < 4.78 is 6.94. The molecule has 5 rings (SSSR count). The number of allylic oxidation sites excluding steroid dienone is 2. The van der Waals surface area contributed by atoms with Gasteiger partial charge in [-0.1, -0.05) is 115 Å². The molecular weight excluding hydrogens is 424 g/mol. The number of rotatable bonds is 5. The molecule has 0 unspecified atom stereocenters. The van der Waals surface area contributed by atoms with Gasteiger partial charge in [-0.2, -0.15) is 0 Å². The predicted octanol–water partition coefficient (Wildman–Crippen LogP) is 4.02. The fourth-order valence-corrected chi connectivity index (χ4v) is 8.34. The van der Waals surface area contributed by atoms with E-state index in [1.165, 1.54) is 0 Å². The van der Waals surface area contributed by atoms with Crippen LogP contribution in [0.1, 0.15) is 27.6 Å². The van der Waals surface area contributed by atoms with E-state index >= 15 is 0 Å². The van der Waals surface area contributed by atoms with E-state index < -0.39 is 8.32 Å². The molecular formula is C29H22O3Si. The van der Waals surface area contributed by atoms with Gasteiger partial charge in [0.15, 0.2) is 11.5 Å². The monoisotopic (exact) mass is 446 g/mol. The summed E-state index contributed by atoms with van der Waals surface area (Å²) in [5, 5.41) is 3.01. The van der Waals surface area contributed by atoms with Gasteiger partial charge in [-0.3, -0.25) is 9.59 Å². The van der Waals surface area contributed by atoms with Crippen LogP contribution >= 0.6 is 0 Å². The normalized spacial score (nSPS) is 13.6. The summed E-state index contributed by atoms with van der Waals surface area (Å²) in [6, 6.07) is 37.0. The molecule has 0 fully saturated rings. The zero-order valence-corrected chi connectivity index (χ0v) is 19.2. The summed E-state index contributed by atoms with van der Waals surface area (Å²) in [5.41, 5.74) is 1.16. The first kappa shape index (κ1) is 20.9. The second-order valence-corrected chi connectivity index (χ2v) is 11.3. The minimum absolute atomic E-state index is 0.141. The summed E-state index contributed by atoms with van der Waals surface area (Å²) in [6.07, 6.45) is 0. The Morgan fingerprint density at radius 2 is 0.879 bits per heavy atom. The van der Waals surface area contributed by atoms with Crippen molar-refractivity contribution in [3.05, 3.63) is 138 Å².